The second-order valence-electron chi connectivity index (χ2n) is 8.28. The summed E-state index contributed by atoms with van der Waals surface area (Å²) in [5.41, 5.74) is 3.48. The minimum absolute atomic E-state index is 0.0330. The SMILES string of the molecule is CCC(=O)NCc1nc2ccccc2n1CCCOc1ccc(C(C)(C)C)cc1. The van der Waals surface area contributed by atoms with Crippen LogP contribution >= 0.6 is 0 Å². The van der Waals surface area contributed by atoms with Crippen LogP contribution in [0.1, 0.15) is 51.9 Å². The molecule has 0 saturated heterocycles. The Kier molecular flexibility index (Phi) is 6.57. The van der Waals surface area contributed by atoms with Crippen molar-refractivity contribution in [3.05, 3.63) is 59.9 Å². The lowest BCUT2D eigenvalue weighted by molar-refractivity contribution is -0.120. The third kappa shape index (κ3) is 5.37. The van der Waals surface area contributed by atoms with Crippen LogP contribution in [0.5, 0.6) is 5.75 Å². The van der Waals surface area contributed by atoms with E-state index in [0.29, 0.717) is 19.6 Å². The zero-order chi connectivity index (χ0) is 20.9. The molecular formula is C24H31N3O2. The highest BCUT2D eigenvalue weighted by molar-refractivity contribution is 5.77. The number of aryl methyl sites for hydroxylation is 1. The third-order valence-corrected chi connectivity index (χ3v) is 5.01. The fourth-order valence-electron chi connectivity index (χ4n) is 3.28. The summed E-state index contributed by atoms with van der Waals surface area (Å²) in [5.74, 6) is 1.80. The van der Waals surface area contributed by atoms with Crippen molar-refractivity contribution in [3.63, 3.8) is 0 Å². The molecule has 3 aromatic rings. The molecule has 0 saturated carbocycles. The Bertz CT molecular complexity index is 952. The molecule has 5 nitrogen and oxygen atoms in total. The summed E-state index contributed by atoms with van der Waals surface area (Å²) >= 11 is 0. The number of rotatable bonds is 8. The van der Waals surface area contributed by atoms with Crippen LogP contribution in [0.3, 0.4) is 0 Å². The maximum absolute atomic E-state index is 11.6. The van der Waals surface area contributed by atoms with Gasteiger partial charge in [0.1, 0.15) is 11.6 Å². The van der Waals surface area contributed by atoms with Crippen molar-refractivity contribution < 1.29 is 9.53 Å². The molecule has 1 N–H and O–H groups in total. The minimum atomic E-state index is 0.0330. The predicted molar refractivity (Wildman–Crippen MR) is 117 cm³/mol. The van der Waals surface area contributed by atoms with E-state index in [0.717, 1.165) is 35.6 Å². The van der Waals surface area contributed by atoms with Crippen LogP contribution in [0, 0.1) is 0 Å². The van der Waals surface area contributed by atoms with Gasteiger partial charge in [0.05, 0.1) is 24.2 Å². The van der Waals surface area contributed by atoms with Gasteiger partial charge in [0.25, 0.3) is 0 Å². The van der Waals surface area contributed by atoms with Crippen LogP contribution in [0.25, 0.3) is 11.0 Å². The lowest BCUT2D eigenvalue weighted by Crippen LogP contribution is -2.23. The number of carbonyl (C=O) groups is 1. The average molecular weight is 394 g/mol. The normalized spacial score (nSPS) is 11.6. The van der Waals surface area contributed by atoms with Gasteiger partial charge in [0, 0.05) is 13.0 Å². The molecule has 1 heterocycles. The van der Waals surface area contributed by atoms with Crippen molar-refractivity contribution >= 4 is 16.9 Å². The molecule has 0 fully saturated rings. The van der Waals surface area contributed by atoms with E-state index < -0.39 is 0 Å². The highest BCUT2D eigenvalue weighted by atomic mass is 16.5. The van der Waals surface area contributed by atoms with Crippen molar-refractivity contribution in [2.24, 2.45) is 0 Å². The molecule has 29 heavy (non-hydrogen) atoms. The number of para-hydroxylation sites is 2. The van der Waals surface area contributed by atoms with E-state index >= 15 is 0 Å². The second kappa shape index (κ2) is 9.12. The van der Waals surface area contributed by atoms with Crippen molar-refractivity contribution in [2.75, 3.05) is 6.61 Å². The average Bonchev–Trinajstić information content (AvgIpc) is 3.06. The summed E-state index contributed by atoms with van der Waals surface area (Å²) in [4.78, 5) is 16.3. The van der Waals surface area contributed by atoms with Gasteiger partial charge in [0.15, 0.2) is 0 Å². The van der Waals surface area contributed by atoms with Crippen molar-refractivity contribution in [1.82, 2.24) is 14.9 Å². The fourth-order valence-corrected chi connectivity index (χ4v) is 3.28. The van der Waals surface area contributed by atoms with Crippen LogP contribution in [-0.2, 0) is 23.3 Å². The molecule has 1 amide bonds. The molecule has 0 bridgehead atoms. The second-order valence-corrected chi connectivity index (χ2v) is 8.28. The first kappa shape index (κ1) is 20.9. The number of carbonyl (C=O) groups excluding carboxylic acids is 1. The summed E-state index contributed by atoms with van der Waals surface area (Å²) in [7, 11) is 0. The van der Waals surface area contributed by atoms with E-state index in [9.17, 15) is 4.79 Å². The Hall–Kier alpha value is -2.82. The zero-order valence-electron chi connectivity index (χ0n) is 17.9. The smallest absolute Gasteiger partial charge is 0.220 e. The largest absolute Gasteiger partial charge is 0.494 e. The number of amides is 1. The number of imidazole rings is 1. The van der Waals surface area contributed by atoms with Gasteiger partial charge in [-0.05, 0) is 41.7 Å². The van der Waals surface area contributed by atoms with Crippen molar-refractivity contribution in [1.29, 1.82) is 0 Å². The molecule has 154 valence electrons. The van der Waals surface area contributed by atoms with E-state index in [1.165, 1.54) is 5.56 Å². The lowest BCUT2D eigenvalue weighted by Gasteiger charge is -2.19. The summed E-state index contributed by atoms with van der Waals surface area (Å²) in [5, 5.41) is 2.93. The first-order valence-corrected chi connectivity index (χ1v) is 10.3. The summed E-state index contributed by atoms with van der Waals surface area (Å²) in [6, 6.07) is 16.4. The highest BCUT2D eigenvalue weighted by Gasteiger charge is 2.13. The molecular weight excluding hydrogens is 362 g/mol. The number of nitrogens with one attached hydrogen (secondary N) is 1. The number of nitrogens with zero attached hydrogens (tertiary/aromatic N) is 2. The maximum Gasteiger partial charge on any atom is 0.220 e. The molecule has 0 radical (unpaired) electrons. The van der Waals surface area contributed by atoms with Gasteiger partial charge in [-0.25, -0.2) is 4.98 Å². The van der Waals surface area contributed by atoms with Gasteiger partial charge < -0.3 is 14.6 Å². The van der Waals surface area contributed by atoms with Gasteiger partial charge in [0.2, 0.25) is 5.91 Å². The highest BCUT2D eigenvalue weighted by Crippen LogP contribution is 2.24. The predicted octanol–water partition coefficient (Wildman–Crippen LogP) is 4.83. The number of ether oxygens (including phenoxy) is 1. The van der Waals surface area contributed by atoms with Gasteiger partial charge >= 0.3 is 0 Å². The van der Waals surface area contributed by atoms with Gasteiger partial charge in [-0.1, -0.05) is 52.0 Å². The number of hydrogen-bond donors (Lipinski definition) is 1. The first-order chi connectivity index (χ1) is 13.9. The third-order valence-electron chi connectivity index (χ3n) is 5.01. The van der Waals surface area contributed by atoms with Crippen LogP contribution in [0.2, 0.25) is 0 Å². The summed E-state index contributed by atoms with van der Waals surface area (Å²) < 4.78 is 8.11. The van der Waals surface area contributed by atoms with E-state index in [-0.39, 0.29) is 11.3 Å². The standard InChI is InChI=1S/C24H31N3O2/c1-5-23(28)25-17-22-26-20-9-6-7-10-21(20)27(22)15-8-16-29-19-13-11-18(12-14-19)24(2,3)4/h6-7,9-14H,5,8,15-17H2,1-4H3,(H,25,28). The molecule has 0 aliphatic rings. The molecule has 1 aromatic heterocycles. The summed E-state index contributed by atoms with van der Waals surface area (Å²) in [6.07, 6.45) is 1.33. The van der Waals surface area contributed by atoms with Crippen LogP contribution in [-0.4, -0.2) is 22.1 Å². The number of fused-ring (bicyclic) bond motifs is 1. The molecule has 2 aromatic carbocycles. The first-order valence-electron chi connectivity index (χ1n) is 10.3. The summed E-state index contributed by atoms with van der Waals surface area (Å²) in [6.45, 7) is 10.3. The molecule has 0 aliphatic heterocycles. The molecule has 0 aliphatic carbocycles. The van der Waals surface area contributed by atoms with E-state index in [2.05, 4.69) is 48.9 Å². The van der Waals surface area contributed by atoms with Gasteiger partial charge in [-0.15, -0.1) is 0 Å². The number of benzene rings is 2. The van der Waals surface area contributed by atoms with Crippen LogP contribution in [0.4, 0.5) is 0 Å². The van der Waals surface area contributed by atoms with E-state index in [1.807, 2.05) is 37.3 Å². The Balaban J connectivity index is 1.61. The number of aromatic nitrogens is 2. The van der Waals surface area contributed by atoms with E-state index in [4.69, 9.17) is 9.72 Å². The fraction of sp³-hybridized carbons (Fsp3) is 0.417. The molecule has 0 unspecified atom stereocenters. The Morgan fingerprint density at radius 1 is 1.10 bits per heavy atom. The molecule has 0 spiro atoms. The Morgan fingerprint density at radius 3 is 2.52 bits per heavy atom. The molecule has 0 atom stereocenters. The van der Waals surface area contributed by atoms with Gasteiger partial charge in [-0.2, -0.15) is 0 Å². The van der Waals surface area contributed by atoms with Crippen LogP contribution < -0.4 is 10.1 Å². The quantitative estimate of drug-likeness (QED) is 0.558. The minimum Gasteiger partial charge on any atom is -0.494 e. The van der Waals surface area contributed by atoms with Crippen molar-refractivity contribution in [2.45, 2.75) is 59.0 Å². The monoisotopic (exact) mass is 393 g/mol. The topological polar surface area (TPSA) is 56.2 Å². The van der Waals surface area contributed by atoms with Gasteiger partial charge in [-0.3, -0.25) is 4.79 Å². The van der Waals surface area contributed by atoms with E-state index in [1.54, 1.807) is 0 Å². The number of hydrogen-bond acceptors (Lipinski definition) is 3. The Morgan fingerprint density at radius 2 is 1.83 bits per heavy atom. The Labute approximate surface area is 173 Å². The zero-order valence-corrected chi connectivity index (χ0v) is 17.9. The van der Waals surface area contributed by atoms with Crippen LogP contribution in [0.15, 0.2) is 48.5 Å². The molecule has 5 heteroatoms. The maximum atomic E-state index is 11.6. The lowest BCUT2D eigenvalue weighted by atomic mass is 9.87. The molecule has 3 rings (SSSR count). The van der Waals surface area contributed by atoms with Crippen molar-refractivity contribution in [3.8, 4) is 5.75 Å².